The molecule has 8 nitrogen and oxygen atoms in total. The van der Waals surface area contributed by atoms with Gasteiger partial charge in [-0.3, -0.25) is 24.3 Å². The number of benzene rings is 2. The molecule has 3 aromatic rings. The molecule has 5 rings (SSSR count). The normalized spacial score (nSPS) is 18.6. The van der Waals surface area contributed by atoms with E-state index in [1.54, 1.807) is 70.7 Å². The Morgan fingerprint density at radius 2 is 1.65 bits per heavy atom. The summed E-state index contributed by atoms with van der Waals surface area (Å²) in [5.74, 6) is -0.671. The van der Waals surface area contributed by atoms with Crippen molar-refractivity contribution >= 4 is 29.3 Å². The number of likely N-dealkylation sites (tertiary alicyclic amines) is 1. The summed E-state index contributed by atoms with van der Waals surface area (Å²) in [6, 6.07) is 18.6. The molecule has 0 saturated carbocycles. The van der Waals surface area contributed by atoms with E-state index in [1.807, 2.05) is 18.2 Å². The smallest absolute Gasteiger partial charge is 0.256 e. The number of hydrogen-bond acceptors (Lipinski definition) is 5. The average Bonchev–Trinajstić information content (AvgIpc) is 3.30. The first kappa shape index (κ1) is 24.9. The summed E-state index contributed by atoms with van der Waals surface area (Å²) < 4.78 is 6.25. The van der Waals surface area contributed by atoms with Gasteiger partial charge < -0.3 is 15.0 Å². The molecule has 2 aromatic carbocycles. The molecule has 2 aliphatic heterocycles. The molecule has 2 aliphatic rings. The summed E-state index contributed by atoms with van der Waals surface area (Å²) in [6.07, 6.45) is 4.12. The van der Waals surface area contributed by atoms with Crippen molar-refractivity contribution in [3.05, 3.63) is 101 Å². The van der Waals surface area contributed by atoms with Crippen LogP contribution in [-0.4, -0.2) is 64.0 Å². The number of aromatic nitrogens is 1. The van der Waals surface area contributed by atoms with Crippen molar-refractivity contribution in [2.24, 2.45) is 0 Å². The van der Waals surface area contributed by atoms with Gasteiger partial charge in [-0.2, -0.15) is 0 Å². The number of nitrogens with zero attached hydrogens (tertiary/aromatic N) is 3. The summed E-state index contributed by atoms with van der Waals surface area (Å²) in [5.41, 5.74) is 0.931. The number of piperidine rings is 1. The van der Waals surface area contributed by atoms with Crippen molar-refractivity contribution in [2.75, 3.05) is 19.7 Å². The quantitative estimate of drug-likeness (QED) is 0.558. The molecule has 0 bridgehead atoms. The molecule has 3 amide bonds. The van der Waals surface area contributed by atoms with Crippen molar-refractivity contribution in [3.63, 3.8) is 0 Å². The first-order valence-electron chi connectivity index (χ1n) is 12.2. The molecule has 190 valence electrons. The highest BCUT2D eigenvalue weighted by Crippen LogP contribution is 2.39. The third-order valence-electron chi connectivity index (χ3n) is 6.92. The maximum absolute atomic E-state index is 13.7. The van der Waals surface area contributed by atoms with Crippen molar-refractivity contribution in [2.45, 2.75) is 31.2 Å². The van der Waals surface area contributed by atoms with Crippen LogP contribution in [0.1, 0.15) is 39.1 Å². The van der Waals surface area contributed by atoms with Gasteiger partial charge in [-0.1, -0.05) is 35.9 Å². The molecule has 1 aromatic heterocycles. The average molecular weight is 519 g/mol. The highest BCUT2D eigenvalue weighted by Gasteiger charge is 2.54. The summed E-state index contributed by atoms with van der Waals surface area (Å²) in [5, 5.41) is 3.43. The second-order valence-electron chi connectivity index (χ2n) is 9.19. The Balaban J connectivity index is 1.35. The van der Waals surface area contributed by atoms with E-state index in [4.69, 9.17) is 16.3 Å². The van der Waals surface area contributed by atoms with E-state index in [2.05, 4.69) is 10.3 Å². The van der Waals surface area contributed by atoms with Crippen LogP contribution in [0.15, 0.2) is 79.1 Å². The fraction of sp³-hybridized carbons (Fsp3) is 0.286. The molecule has 0 radical (unpaired) electrons. The number of halogens is 1. The molecule has 0 aliphatic carbocycles. The van der Waals surface area contributed by atoms with Gasteiger partial charge in [0.2, 0.25) is 5.91 Å². The van der Waals surface area contributed by atoms with E-state index in [0.29, 0.717) is 48.6 Å². The third-order valence-corrected chi connectivity index (χ3v) is 7.16. The highest BCUT2D eigenvalue weighted by atomic mass is 35.5. The molecular formula is C28H27ClN4O4. The summed E-state index contributed by atoms with van der Waals surface area (Å²) in [7, 11) is 0. The van der Waals surface area contributed by atoms with Gasteiger partial charge in [-0.25, -0.2) is 0 Å². The molecule has 1 spiro atoms. The first-order chi connectivity index (χ1) is 18.0. The molecule has 1 N–H and O–H groups in total. The number of carbonyl (C=O) groups is 3. The Kier molecular flexibility index (Phi) is 7.21. The van der Waals surface area contributed by atoms with E-state index >= 15 is 0 Å². The van der Waals surface area contributed by atoms with E-state index < -0.39 is 11.8 Å². The van der Waals surface area contributed by atoms with E-state index in [9.17, 15) is 14.4 Å². The van der Waals surface area contributed by atoms with Crippen LogP contribution in [0.3, 0.4) is 0 Å². The molecule has 37 heavy (non-hydrogen) atoms. The minimum Gasteiger partial charge on any atom is -0.353 e. The lowest BCUT2D eigenvalue weighted by molar-refractivity contribution is -0.128. The van der Waals surface area contributed by atoms with Gasteiger partial charge in [0.05, 0.1) is 6.61 Å². The molecule has 2 saturated heterocycles. The second kappa shape index (κ2) is 10.7. The Morgan fingerprint density at radius 1 is 0.946 bits per heavy atom. The first-order valence-corrected chi connectivity index (χ1v) is 12.6. The van der Waals surface area contributed by atoms with Gasteiger partial charge in [-0.05, 0) is 48.0 Å². The minimum absolute atomic E-state index is 0.0863. The SMILES string of the molecule is O=C(NCc1ccncc1)C1COC2(CCN(C(=O)c3cccc(Cl)c3)CC2)N1C(=O)c1ccccc1. The zero-order chi connectivity index (χ0) is 25.8. The lowest BCUT2D eigenvalue weighted by atomic mass is 9.96. The Labute approximate surface area is 220 Å². The lowest BCUT2D eigenvalue weighted by Crippen LogP contribution is -2.59. The predicted octanol–water partition coefficient (Wildman–Crippen LogP) is 3.52. The number of amides is 3. The van der Waals surface area contributed by atoms with Crippen molar-refractivity contribution in [1.29, 1.82) is 0 Å². The standard InChI is InChI=1S/C28H27ClN4O4/c29-23-8-4-7-22(17-23)26(35)32-15-11-28(12-16-32)33(27(36)21-5-2-1-3-6-21)24(19-37-28)25(34)31-18-20-9-13-30-14-10-20/h1-10,13-14,17,24H,11-12,15-16,18-19H2,(H,31,34). The van der Waals surface area contributed by atoms with Crippen molar-refractivity contribution in [3.8, 4) is 0 Å². The van der Waals surface area contributed by atoms with E-state index in [0.717, 1.165) is 5.56 Å². The van der Waals surface area contributed by atoms with Gasteiger partial charge in [0.15, 0.2) is 0 Å². The van der Waals surface area contributed by atoms with Crippen molar-refractivity contribution in [1.82, 2.24) is 20.1 Å². The number of carbonyl (C=O) groups excluding carboxylic acids is 3. The van der Waals surface area contributed by atoms with Crippen LogP contribution in [0.2, 0.25) is 5.02 Å². The summed E-state index contributed by atoms with van der Waals surface area (Å²) >= 11 is 6.07. The molecular weight excluding hydrogens is 492 g/mol. The zero-order valence-electron chi connectivity index (χ0n) is 20.2. The Hall–Kier alpha value is -3.75. The van der Waals surface area contributed by atoms with Crippen LogP contribution in [0.4, 0.5) is 0 Å². The topological polar surface area (TPSA) is 91.8 Å². The van der Waals surface area contributed by atoms with Crippen LogP contribution < -0.4 is 5.32 Å². The van der Waals surface area contributed by atoms with E-state index in [-0.39, 0.29) is 24.3 Å². The molecule has 9 heteroatoms. The Bertz CT molecular complexity index is 1280. The highest BCUT2D eigenvalue weighted by molar-refractivity contribution is 6.30. The van der Waals surface area contributed by atoms with Crippen LogP contribution in [0.5, 0.6) is 0 Å². The molecule has 3 heterocycles. The number of nitrogens with one attached hydrogen (secondary N) is 1. The van der Waals surface area contributed by atoms with Crippen LogP contribution >= 0.6 is 11.6 Å². The monoisotopic (exact) mass is 518 g/mol. The van der Waals surface area contributed by atoms with Crippen LogP contribution in [0.25, 0.3) is 0 Å². The van der Waals surface area contributed by atoms with Gasteiger partial charge in [0.1, 0.15) is 11.8 Å². The molecule has 1 unspecified atom stereocenters. The fourth-order valence-corrected chi connectivity index (χ4v) is 5.15. The zero-order valence-corrected chi connectivity index (χ0v) is 20.9. The number of ether oxygens (including phenoxy) is 1. The van der Waals surface area contributed by atoms with Gasteiger partial charge in [-0.15, -0.1) is 0 Å². The summed E-state index contributed by atoms with van der Waals surface area (Å²) in [4.78, 5) is 47.4. The van der Waals surface area contributed by atoms with E-state index in [1.165, 1.54) is 0 Å². The maximum atomic E-state index is 13.7. The van der Waals surface area contributed by atoms with Crippen molar-refractivity contribution < 1.29 is 19.1 Å². The number of hydrogen-bond donors (Lipinski definition) is 1. The lowest BCUT2D eigenvalue weighted by Gasteiger charge is -2.44. The van der Waals surface area contributed by atoms with Crippen LogP contribution in [0, 0.1) is 0 Å². The third kappa shape index (κ3) is 5.21. The van der Waals surface area contributed by atoms with Crippen LogP contribution in [-0.2, 0) is 16.1 Å². The van der Waals surface area contributed by atoms with Gasteiger partial charge in [0, 0.05) is 61.0 Å². The molecule has 1 atom stereocenters. The predicted molar refractivity (Wildman–Crippen MR) is 138 cm³/mol. The maximum Gasteiger partial charge on any atom is 0.256 e. The largest absolute Gasteiger partial charge is 0.353 e. The summed E-state index contributed by atoms with van der Waals surface area (Å²) in [6.45, 7) is 1.17. The number of rotatable bonds is 5. The number of pyridine rings is 1. The van der Waals surface area contributed by atoms with Gasteiger partial charge >= 0.3 is 0 Å². The minimum atomic E-state index is -0.975. The second-order valence-corrected chi connectivity index (χ2v) is 9.63. The fourth-order valence-electron chi connectivity index (χ4n) is 4.96. The molecule has 2 fully saturated rings. The Morgan fingerprint density at radius 3 is 2.35 bits per heavy atom. The van der Waals surface area contributed by atoms with Gasteiger partial charge in [0.25, 0.3) is 11.8 Å².